The van der Waals surface area contributed by atoms with Gasteiger partial charge in [-0.2, -0.15) is 0 Å². The molecule has 0 radical (unpaired) electrons. The summed E-state index contributed by atoms with van der Waals surface area (Å²) in [5, 5.41) is 38.4. The molecule has 40 heavy (non-hydrogen) atoms. The van der Waals surface area contributed by atoms with Gasteiger partial charge in [-0.1, -0.05) is 58.5 Å². The molecule has 0 saturated carbocycles. The normalized spacial score (nSPS) is 10.9. The van der Waals surface area contributed by atoms with Gasteiger partial charge in [-0.15, -0.1) is 0 Å². The molecule has 4 aromatic rings. The van der Waals surface area contributed by atoms with E-state index in [1.165, 1.54) is 48.8 Å². The molecule has 4 N–H and O–H groups in total. The third kappa shape index (κ3) is 7.97. The number of carboxylic acid groups (broad SMARTS) is 2. The second-order valence-corrected chi connectivity index (χ2v) is 9.43. The van der Waals surface area contributed by atoms with E-state index >= 15 is 0 Å². The van der Waals surface area contributed by atoms with Crippen molar-refractivity contribution in [2.24, 2.45) is 9.98 Å². The van der Waals surface area contributed by atoms with Crippen molar-refractivity contribution in [1.82, 2.24) is 0 Å². The fraction of sp³-hybridized carbons (Fsp3) is 0. The number of halogens is 4. The van der Waals surface area contributed by atoms with Crippen molar-refractivity contribution in [2.45, 2.75) is 0 Å². The summed E-state index contributed by atoms with van der Waals surface area (Å²) in [6.45, 7) is 0. The molecule has 0 aliphatic carbocycles. The SMILES string of the molecule is O=C(O)c1cc(N=Cc2c(Cl)cccc2Cl)ccc1O.O=C(O)c1cc(N=Cc2c(Cl)cccc2Cl)ccc1O. The number of nitrogens with zero attached hydrogens (tertiary/aromatic N) is 2. The Bertz CT molecular complexity index is 1480. The summed E-state index contributed by atoms with van der Waals surface area (Å²) in [5.41, 5.74) is 1.39. The molecule has 0 aliphatic rings. The van der Waals surface area contributed by atoms with Crippen LogP contribution in [0, 0.1) is 0 Å². The number of hydrogen-bond donors (Lipinski definition) is 4. The molecule has 12 heteroatoms. The van der Waals surface area contributed by atoms with Gasteiger partial charge >= 0.3 is 11.9 Å². The van der Waals surface area contributed by atoms with Crippen molar-refractivity contribution in [2.75, 3.05) is 0 Å². The molecule has 204 valence electrons. The highest BCUT2D eigenvalue weighted by Gasteiger charge is 2.11. The molecule has 0 bridgehead atoms. The Kier molecular flexibility index (Phi) is 10.5. The lowest BCUT2D eigenvalue weighted by Crippen LogP contribution is -1.96. The summed E-state index contributed by atoms with van der Waals surface area (Å²) < 4.78 is 0. The fourth-order valence-electron chi connectivity index (χ4n) is 3.10. The topological polar surface area (TPSA) is 140 Å². The Labute approximate surface area is 248 Å². The second kappa shape index (κ2) is 13.8. The molecule has 0 unspecified atom stereocenters. The van der Waals surface area contributed by atoms with Gasteiger partial charge < -0.3 is 20.4 Å². The van der Waals surface area contributed by atoms with Crippen molar-refractivity contribution in [3.8, 4) is 11.5 Å². The van der Waals surface area contributed by atoms with Crippen molar-refractivity contribution in [3.05, 3.63) is 115 Å². The molecule has 0 saturated heterocycles. The summed E-state index contributed by atoms with van der Waals surface area (Å²) in [5.74, 6) is -3.08. The van der Waals surface area contributed by atoms with E-state index in [-0.39, 0.29) is 22.6 Å². The van der Waals surface area contributed by atoms with Crippen LogP contribution in [0.4, 0.5) is 11.4 Å². The molecule has 0 atom stereocenters. The van der Waals surface area contributed by atoms with Gasteiger partial charge in [-0.3, -0.25) is 9.98 Å². The van der Waals surface area contributed by atoms with E-state index < -0.39 is 11.9 Å². The molecule has 0 aromatic heterocycles. The lowest BCUT2D eigenvalue weighted by molar-refractivity contribution is 0.0682. The minimum absolute atomic E-state index is 0.218. The van der Waals surface area contributed by atoms with E-state index in [1.807, 2.05) is 0 Å². The van der Waals surface area contributed by atoms with Crippen LogP contribution in [0.2, 0.25) is 20.1 Å². The van der Waals surface area contributed by atoms with Crippen LogP contribution in [0.15, 0.2) is 82.8 Å². The van der Waals surface area contributed by atoms with Gasteiger partial charge in [-0.25, -0.2) is 9.59 Å². The first-order valence-corrected chi connectivity index (χ1v) is 12.6. The number of benzene rings is 4. The number of rotatable bonds is 6. The van der Waals surface area contributed by atoms with E-state index in [0.29, 0.717) is 42.6 Å². The maximum Gasteiger partial charge on any atom is 0.339 e. The molecule has 4 rings (SSSR count). The van der Waals surface area contributed by atoms with Crippen LogP contribution < -0.4 is 0 Å². The minimum Gasteiger partial charge on any atom is -0.507 e. The summed E-state index contributed by atoms with van der Waals surface area (Å²) in [4.78, 5) is 30.0. The Morgan fingerprint density at radius 3 is 1.20 bits per heavy atom. The third-order valence-electron chi connectivity index (χ3n) is 5.11. The molecule has 0 aliphatic heterocycles. The van der Waals surface area contributed by atoms with Gasteiger partial charge in [0.2, 0.25) is 0 Å². The second-order valence-electron chi connectivity index (χ2n) is 7.80. The molecule has 0 amide bonds. The molecule has 0 heterocycles. The average molecular weight is 620 g/mol. The first kappa shape index (κ1) is 30.5. The van der Waals surface area contributed by atoms with Crippen LogP contribution in [0.1, 0.15) is 31.8 Å². The van der Waals surface area contributed by atoms with Gasteiger partial charge in [0.1, 0.15) is 22.6 Å². The zero-order chi connectivity index (χ0) is 29.4. The zero-order valence-corrected chi connectivity index (χ0v) is 23.1. The Morgan fingerprint density at radius 2 is 0.900 bits per heavy atom. The monoisotopic (exact) mass is 618 g/mol. The maximum absolute atomic E-state index is 10.9. The third-order valence-corrected chi connectivity index (χ3v) is 6.42. The number of phenols is 2. The van der Waals surface area contributed by atoms with E-state index in [1.54, 1.807) is 36.4 Å². The van der Waals surface area contributed by atoms with Gasteiger partial charge in [0.15, 0.2) is 0 Å². The van der Waals surface area contributed by atoms with Crippen LogP contribution in [-0.2, 0) is 0 Å². The number of aromatic hydroxyl groups is 2. The Hall–Kier alpha value is -4.08. The number of carboxylic acids is 2. The maximum atomic E-state index is 10.9. The van der Waals surface area contributed by atoms with Crippen LogP contribution in [0.25, 0.3) is 0 Å². The fourth-order valence-corrected chi connectivity index (χ4v) is 4.09. The molecule has 8 nitrogen and oxygen atoms in total. The highest BCUT2D eigenvalue weighted by molar-refractivity contribution is 6.39. The Morgan fingerprint density at radius 1 is 0.575 bits per heavy atom. The number of aromatic carboxylic acids is 2. The predicted molar refractivity (Wildman–Crippen MR) is 158 cm³/mol. The first-order valence-electron chi connectivity index (χ1n) is 11.1. The van der Waals surface area contributed by atoms with Crippen molar-refractivity contribution in [3.63, 3.8) is 0 Å². The Balaban J connectivity index is 0.000000220. The van der Waals surface area contributed by atoms with E-state index in [4.69, 9.17) is 56.6 Å². The summed E-state index contributed by atoms with van der Waals surface area (Å²) in [6, 6.07) is 18.2. The molecular weight excluding hydrogens is 602 g/mol. The number of aliphatic imine (C=N–C) groups is 2. The van der Waals surface area contributed by atoms with Crippen molar-refractivity contribution in [1.29, 1.82) is 0 Å². The highest BCUT2D eigenvalue weighted by Crippen LogP contribution is 2.27. The summed E-state index contributed by atoms with van der Waals surface area (Å²) in [7, 11) is 0. The molecule has 0 spiro atoms. The van der Waals surface area contributed by atoms with Gasteiger partial charge in [0.05, 0.1) is 31.5 Å². The summed E-state index contributed by atoms with van der Waals surface area (Å²) in [6.07, 6.45) is 2.89. The quantitative estimate of drug-likeness (QED) is 0.160. The van der Waals surface area contributed by atoms with E-state index in [9.17, 15) is 19.8 Å². The van der Waals surface area contributed by atoms with Crippen LogP contribution in [-0.4, -0.2) is 44.8 Å². The molecule has 0 fully saturated rings. The van der Waals surface area contributed by atoms with Crippen LogP contribution in [0.5, 0.6) is 11.5 Å². The lowest BCUT2D eigenvalue weighted by atomic mass is 10.2. The number of carbonyl (C=O) groups is 2. The molecule has 4 aromatic carbocycles. The standard InChI is InChI=1S/2C14H9Cl2NO3/c2*15-11-2-1-3-12(16)10(11)7-17-8-4-5-13(18)9(6-8)14(19)20/h2*1-7,18H,(H,19,20). The summed E-state index contributed by atoms with van der Waals surface area (Å²) >= 11 is 24.0. The van der Waals surface area contributed by atoms with E-state index in [0.717, 1.165) is 0 Å². The average Bonchev–Trinajstić information content (AvgIpc) is 2.90. The van der Waals surface area contributed by atoms with Crippen LogP contribution >= 0.6 is 46.4 Å². The van der Waals surface area contributed by atoms with Gasteiger partial charge in [0.25, 0.3) is 0 Å². The molecular formula is C28H18Cl4N2O6. The van der Waals surface area contributed by atoms with Crippen molar-refractivity contribution >= 4 is 82.1 Å². The first-order chi connectivity index (χ1) is 19.0. The van der Waals surface area contributed by atoms with Crippen LogP contribution in [0.3, 0.4) is 0 Å². The zero-order valence-electron chi connectivity index (χ0n) is 20.1. The highest BCUT2D eigenvalue weighted by atomic mass is 35.5. The smallest absolute Gasteiger partial charge is 0.339 e. The number of hydrogen-bond acceptors (Lipinski definition) is 6. The van der Waals surface area contributed by atoms with Gasteiger partial charge in [0, 0.05) is 23.6 Å². The minimum atomic E-state index is -1.23. The van der Waals surface area contributed by atoms with E-state index in [2.05, 4.69) is 9.98 Å². The largest absolute Gasteiger partial charge is 0.507 e. The lowest BCUT2D eigenvalue weighted by Gasteiger charge is -2.02. The van der Waals surface area contributed by atoms with Crippen molar-refractivity contribution < 1.29 is 30.0 Å². The van der Waals surface area contributed by atoms with Gasteiger partial charge in [-0.05, 0) is 60.7 Å². The predicted octanol–water partition coefficient (Wildman–Crippen LogP) is 8.30.